The number of hydrogen-bond acceptors (Lipinski definition) is 6. The number of nitrogens with zero attached hydrogens (tertiary/aromatic N) is 1. The molecule has 0 bridgehead atoms. The first kappa shape index (κ1) is 20.8. The SMILES string of the molecule is CCOc1cc(/C=N/NC(=O)c2ccccc2Br)ccc1OC(=O)c1cccs1. The van der Waals surface area contributed by atoms with Crippen molar-refractivity contribution in [1.82, 2.24) is 5.43 Å². The highest BCUT2D eigenvalue weighted by Gasteiger charge is 2.14. The maximum absolute atomic E-state index is 12.2. The minimum absolute atomic E-state index is 0.319. The van der Waals surface area contributed by atoms with Crippen molar-refractivity contribution in [2.24, 2.45) is 5.10 Å². The molecule has 3 aromatic rings. The maximum Gasteiger partial charge on any atom is 0.353 e. The van der Waals surface area contributed by atoms with Crippen molar-refractivity contribution in [2.45, 2.75) is 6.92 Å². The number of carbonyl (C=O) groups excluding carboxylic acids is 2. The summed E-state index contributed by atoms with van der Waals surface area (Å²) in [4.78, 5) is 24.9. The zero-order valence-electron chi connectivity index (χ0n) is 15.4. The monoisotopic (exact) mass is 472 g/mol. The molecule has 1 heterocycles. The smallest absolute Gasteiger partial charge is 0.353 e. The van der Waals surface area contributed by atoms with Gasteiger partial charge in [-0.1, -0.05) is 18.2 Å². The van der Waals surface area contributed by atoms with Crippen molar-refractivity contribution in [1.29, 1.82) is 0 Å². The van der Waals surface area contributed by atoms with E-state index in [2.05, 4.69) is 26.5 Å². The first-order valence-corrected chi connectivity index (χ1v) is 10.4. The lowest BCUT2D eigenvalue weighted by molar-refractivity contribution is 0.0733. The molecule has 1 amide bonds. The molecule has 0 radical (unpaired) electrons. The normalized spacial score (nSPS) is 10.7. The van der Waals surface area contributed by atoms with Crippen molar-refractivity contribution in [3.63, 3.8) is 0 Å². The second kappa shape index (κ2) is 9.99. The Morgan fingerprint density at radius 2 is 1.97 bits per heavy atom. The summed E-state index contributed by atoms with van der Waals surface area (Å²) in [6, 6.07) is 15.6. The van der Waals surface area contributed by atoms with Crippen LogP contribution in [-0.2, 0) is 0 Å². The molecule has 1 N–H and O–H groups in total. The van der Waals surface area contributed by atoms with E-state index in [1.54, 1.807) is 48.5 Å². The van der Waals surface area contributed by atoms with Gasteiger partial charge in [-0.15, -0.1) is 11.3 Å². The number of nitrogens with one attached hydrogen (secondary N) is 1. The van der Waals surface area contributed by atoms with Crippen LogP contribution in [0.4, 0.5) is 0 Å². The van der Waals surface area contributed by atoms with Crippen molar-refractivity contribution < 1.29 is 19.1 Å². The number of benzene rings is 2. The fraction of sp³-hybridized carbons (Fsp3) is 0.0952. The molecule has 0 saturated heterocycles. The summed E-state index contributed by atoms with van der Waals surface area (Å²) in [6.45, 7) is 2.24. The summed E-state index contributed by atoms with van der Waals surface area (Å²) in [5, 5.41) is 5.79. The van der Waals surface area contributed by atoms with Crippen molar-refractivity contribution >= 4 is 45.4 Å². The van der Waals surface area contributed by atoms with E-state index in [0.29, 0.717) is 38.6 Å². The fourth-order valence-electron chi connectivity index (χ4n) is 2.37. The average Bonchev–Trinajstić information content (AvgIpc) is 3.25. The van der Waals surface area contributed by atoms with E-state index in [-0.39, 0.29) is 5.91 Å². The Kier molecular flexibility index (Phi) is 7.15. The Balaban J connectivity index is 1.70. The van der Waals surface area contributed by atoms with Crippen LogP contribution >= 0.6 is 27.3 Å². The van der Waals surface area contributed by atoms with E-state index in [1.165, 1.54) is 17.6 Å². The van der Waals surface area contributed by atoms with Gasteiger partial charge in [0.05, 0.1) is 18.4 Å². The number of thiophene rings is 1. The topological polar surface area (TPSA) is 77.0 Å². The molecule has 1 aromatic heterocycles. The lowest BCUT2D eigenvalue weighted by atomic mass is 10.2. The van der Waals surface area contributed by atoms with Crippen LogP contribution in [0.15, 0.2) is 69.6 Å². The molecule has 2 aromatic carbocycles. The Morgan fingerprint density at radius 3 is 2.69 bits per heavy atom. The van der Waals surface area contributed by atoms with Gasteiger partial charge >= 0.3 is 5.97 Å². The second-order valence-corrected chi connectivity index (χ2v) is 7.49. The zero-order valence-corrected chi connectivity index (χ0v) is 17.8. The molecule has 0 aliphatic carbocycles. The highest BCUT2D eigenvalue weighted by molar-refractivity contribution is 9.10. The predicted octanol–water partition coefficient (Wildman–Crippen LogP) is 4.89. The Labute approximate surface area is 180 Å². The van der Waals surface area contributed by atoms with Gasteiger partial charge in [0, 0.05) is 4.47 Å². The van der Waals surface area contributed by atoms with Gasteiger partial charge in [-0.25, -0.2) is 10.2 Å². The van der Waals surface area contributed by atoms with Gasteiger partial charge in [0.25, 0.3) is 5.91 Å². The van der Waals surface area contributed by atoms with Crippen molar-refractivity contribution in [2.75, 3.05) is 6.61 Å². The number of rotatable bonds is 7. The van der Waals surface area contributed by atoms with Gasteiger partial charge in [0.1, 0.15) is 4.88 Å². The summed E-state index contributed by atoms with van der Waals surface area (Å²) in [5.74, 6) is -0.0403. The average molecular weight is 473 g/mol. The number of hydrogen-bond donors (Lipinski definition) is 1. The molecule has 0 atom stereocenters. The van der Waals surface area contributed by atoms with Crippen LogP contribution in [0, 0.1) is 0 Å². The predicted molar refractivity (Wildman–Crippen MR) is 116 cm³/mol. The van der Waals surface area contributed by atoms with Gasteiger partial charge in [-0.2, -0.15) is 5.10 Å². The molecule has 8 heteroatoms. The maximum atomic E-state index is 12.2. The van der Waals surface area contributed by atoms with Crippen LogP contribution in [0.2, 0.25) is 0 Å². The van der Waals surface area contributed by atoms with Gasteiger partial charge in [0.2, 0.25) is 0 Å². The van der Waals surface area contributed by atoms with E-state index in [9.17, 15) is 9.59 Å². The number of hydrazone groups is 1. The molecule has 0 saturated carbocycles. The van der Waals surface area contributed by atoms with Crippen LogP contribution in [0.3, 0.4) is 0 Å². The fourth-order valence-corrected chi connectivity index (χ4v) is 3.44. The van der Waals surface area contributed by atoms with Gasteiger partial charge in [0.15, 0.2) is 11.5 Å². The molecular formula is C21H17BrN2O4S. The Bertz CT molecular complexity index is 1030. The third-order valence-electron chi connectivity index (χ3n) is 3.69. The molecule has 0 aliphatic heterocycles. The molecule has 3 rings (SSSR count). The molecule has 6 nitrogen and oxygen atoms in total. The van der Waals surface area contributed by atoms with E-state index in [4.69, 9.17) is 9.47 Å². The number of esters is 1. The molecule has 29 heavy (non-hydrogen) atoms. The summed E-state index contributed by atoms with van der Waals surface area (Å²) in [7, 11) is 0. The number of halogens is 1. The molecule has 0 fully saturated rings. The molecular weight excluding hydrogens is 456 g/mol. The Hall–Kier alpha value is -2.97. The third kappa shape index (κ3) is 5.52. The van der Waals surface area contributed by atoms with E-state index in [1.807, 2.05) is 18.4 Å². The minimum atomic E-state index is -0.442. The van der Waals surface area contributed by atoms with Crippen LogP contribution < -0.4 is 14.9 Å². The first-order valence-electron chi connectivity index (χ1n) is 8.69. The van der Waals surface area contributed by atoms with Gasteiger partial charge in [-0.05, 0) is 70.2 Å². The summed E-state index contributed by atoms with van der Waals surface area (Å²) < 4.78 is 11.7. The second-order valence-electron chi connectivity index (χ2n) is 5.68. The van der Waals surface area contributed by atoms with Gasteiger partial charge < -0.3 is 9.47 Å². The largest absolute Gasteiger partial charge is 0.490 e. The highest BCUT2D eigenvalue weighted by Crippen LogP contribution is 2.29. The molecule has 0 unspecified atom stereocenters. The highest BCUT2D eigenvalue weighted by atomic mass is 79.9. The number of ether oxygens (including phenoxy) is 2. The quantitative estimate of drug-likeness (QED) is 0.229. The molecule has 0 aliphatic rings. The summed E-state index contributed by atoms with van der Waals surface area (Å²) in [5.41, 5.74) is 3.64. The first-order chi connectivity index (χ1) is 14.1. The van der Waals surface area contributed by atoms with E-state index < -0.39 is 5.97 Å². The van der Waals surface area contributed by atoms with Crippen LogP contribution in [0.1, 0.15) is 32.5 Å². The lowest BCUT2D eigenvalue weighted by Crippen LogP contribution is -2.18. The lowest BCUT2D eigenvalue weighted by Gasteiger charge is -2.10. The van der Waals surface area contributed by atoms with Crippen molar-refractivity contribution in [3.8, 4) is 11.5 Å². The van der Waals surface area contributed by atoms with Gasteiger partial charge in [-0.3, -0.25) is 4.79 Å². The third-order valence-corrected chi connectivity index (χ3v) is 5.23. The van der Waals surface area contributed by atoms with E-state index in [0.717, 1.165) is 0 Å². The molecule has 0 spiro atoms. The van der Waals surface area contributed by atoms with Crippen molar-refractivity contribution in [3.05, 3.63) is 80.5 Å². The Morgan fingerprint density at radius 1 is 1.14 bits per heavy atom. The van der Waals surface area contributed by atoms with Crippen LogP contribution in [-0.4, -0.2) is 24.7 Å². The van der Waals surface area contributed by atoms with Crippen LogP contribution in [0.25, 0.3) is 0 Å². The standard InChI is InChI=1S/C21H17BrN2O4S/c1-2-27-18-12-14(9-10-17(18)28-21(26)19-8-5-11-29-19)13-23-24-20(25)15-6-3-4-7-16(15)22/h3-13H,2H2,1H3,(H,24,25)/b23-13+. The summed E-state index contributed by atoms with van der Waals surface area (Å²) in [6.07, 6.45) is 1.49. The number of amides is 1. The summed E-state index contributed by atoms with van der Waals surface area (Å²) >= 11 is 4.64. The zero-order chi connectivity index (χ0) is 20.6. The minimum Gasteiger partial charge on any atom is -0.490 e. The van der Waals surface area contributed by atoms with E-state index >= 15 is 0 Å². The number of carbonyl (C=O) groups is 2. The molecule has 148 valence electrons. The van der Waals surface area contributed by atoms with Crippen LogP contribution in [0.5, 0.6) is 11.5 Å².